The lowest BCUT2D eigenvalue weighted by molar-refractivity contribution is -0.159. The minimum absolute atomic E-state index is 0.00331. The highest BCUT2D eigenvalue weighted by Gasteiger charge is 2.40. The smallest absolute Gasteiger partial charge is 0.414 e. The first-order valence-electron chi connectivity index (χ1n) is 11.4. The Balaban J connectivity index is 1.29. The molecule has 0 spiro atoms. The number of anilines is 1. The molecule has 4 heterocycles. The van der Waals surface area contributed by atoms with Crippen LogP contribution in [0.5, 0.6) is 5.88 Å². The Kier molecular flexibility index (Phi) is 6.62. The van der Waals surface area contributed by atoms with Crippen LogP contribution in [0.1, 0.15) is 25.8 Å². The Morgan fingerprint density at radius 3 is 2.67 bits per heavy atom. The standard InChI is InChI=1S/C23H24F2N4O6S/c1-23(2)34-12-18(35-23)21(30)28-5-3-13(4-6-28)20-16(24)7-14(8-17(20)25)29-15(11-33-22(29)31)10-32-19-9-26-36-27-19/h3,7-9,15,18H,4-6,10-12H2,1-2H3/t15-,18+/m1/s1. The molecule has 192 valence electrons. The van der Waals surface area contributed by atoms with Crippen LogP contribution in [0.2, 0.25) is 0 Å². The van der Waals surface area contributed by atoms with Gasteiger partial charge in [-0.15, -0.1) is 4.37 Å². The molecule has 0 bridgehead atoms. The maximum absolute atomic E-state index is 15.2. The molecule has 3 aliphatic rings. The third-order valence-corrected chi connectivity index (χ3v) is 6.62. The highest BCUT2D eigenvalue weighted by atomic mass is 32.1. The first kappa shape index (κ1) is 24.5. The summed E-state index contributed by atoms with van der Waals surface area (Å²) in [5.41, 5.74) is 0.293. The number of rotatable bonds is 6. The zero-order valence-corrected chi connectivity index (χ0v) is 20.4. The maximum atomic E-state index is 15.2. The van der Waals surface area contributed by atoms with Crippen molar-refractivity contribution in [1.82, 2.24) is 13.6 Å². The fourth-order valence-corrected chi connectivity index (χ4v) is 4.78. The molecule has 10 nitrogen and oxygen atoms in total. The maximum Gasteiger partial charge on any atom is 0.414 e. The number of halogens is 2. The Hall–Kier alpha value is -3.16. The van der Waals surface area contributed by atoms with Crippen LogP contribution in [0, 0.1) is 11.6 Å². The Morgan fingerprint density at radius 1 is 1.28 bits per heavy atom. The van der Waals surface area contributed by atoms with Crippen LogP contribution in [0.4, 0.5) is 19.3 Å². The molecule has 13 heteroatoms. The molecule has 0 aliphatic carbocycles. The summed E-state index contributed by atoms with van der Waals surface area (Å²) in [5, 5.41) is 0. The van der Waals surface area contributed by atoms with Crippen LogP contribution in [0.15, 0.2) is 24.4 Å². The van der Waals surface area contributed by atoms with Gasteiger partial charge >= 0.3 is 6.09 Å². The monoisotopic (exact) mass is 522 g/mol. The van der Waals surface area contributed by atoms with E-state index in [1.54, 1.807) is 24.8 Å². The molecule has 0 N–H and O–H groups in total. The van der Waals surface area contributed by atoms with Crippen molar-refractivity contribution < 1.29 is 37.3 Å². The number of carbonyl (C=O) groups is 2. The second-order valence-electron chi connectivity index (χ2n) is 9.02. The first-order chi connectivity index (χ1) is 17.2. The lowest BCUT2D eigenvalue weighted by Crippen LogP contribution is -2.43. The summed E-state index contributed by atoms with van der Waals surface area (Å²) in [6.07, 6.45) is 1.90. The Bertz CT molecular complexity index is 1170. The van der Waals surface area contributed by atoms with Gasteiger partial charge in [-0.05, 0) is 38.0 Å². The van der Waals surface area contributed by atoms with Crippen molar-refractivity contribution in [3.8, 4) is 5.88 Å². The predicted molar refractivity (Wildman–Crippen MR) is 123 cm³/mol. The van der Waals surface area contributed by atoms with E-state index in [1.807, 2.05) is 0 Å². The minimum atomic E-state index is -0.823. The molecule has 0 unspecified atom stereocenters. The summed E-state index contributed by atoms with van der Waals surface area (Å²) in [6, 6.07) is 1.61. The second kappa shape index (κ2) is 9.71. The van der Waals surface area contributed by atoms with Crippen LogP contribution < -0.4 is 9.64 Å². The summed E-state index contributed by atoms with van der Waals surface area (Å²) >= 11 is 0.972. The minimum Gasteiger partial charge on any atom is -0.474 e. The summed E-state index contributed by atoms with van der Waals surface area (Å²) in [7, 11) is 0. The molecular formula is C23H24F2N4O6S. The third kappa shape index (κ3) is 4.90. The second-order valence-corrected chi connectivity index (χ2v) is 9.58. The van der Waals surface area contributed by atoms with E-state index in [9.17, 15) is 9.59 Å². The largest absolute Gasteiger partial charge is 0.474 e. The van der Waals surface area contributed by atoms with E-state index in [4.69, 9.17) is 18.9 Å². The number of nitrogens with zero attached hydrogens (tertiary/aromatic N) is 4. The highest BCUT2D eigenvalue weighted by Crippen LogP contribution is 2.33. The van der Waals surface area contributed by atoms with E-state index in [0.717, 1.165) is 28.8 Å². The fraction of sp³-hybridized carbons (Fsp3) is 0.478. The number of carbonyl (C=O) groups excluding carboxylic acids is 2. The topological polar surface area (TPSA) is 103 Å². The molecule has 2 atom stereocenters. The molecule has 2 amide bonds. The van der Waals surface area contributed by atoms with E-state index < -0.39 is 35.7 Å². The molecule has 36 heavy (non-hydrogen) atoms. The summed E-state index contributed by atoms with van der Waals surface area (Å²) in [6.45, 7) is 4.13. The van der Waals surface area contributed by atoms with E-state index in [2.05, 4.69) is 8.75 Å². The van der Waals surface area contributed by atoms with Gasteiger partial charge in [0.1, 0.15) is 37.1 Å². The van der Waals surface area contributed by atoms with E-state index in [1.165, 1.54) is 6.20 Å². The fourth-order valence-electron chi connectivity index (χ4n) is 4.42. The van der Waals surface area contributed by atoms with Crippen molar-refractivity contribution in [3.05, 3.63) is 41.6 Å². The van der Waals surface area contributed by atoms with Crippen LogP contribution in [0.25, 0.3) is 5.57 Å². The van der Waals surface area contributed by atoms with Crippen molar-refractivity contribution >= 4 is 35.0 Å². The van der Waals surface area contributed by atoms with E-state index >= 15 is 8.78 Å². The molecule has 3 aliphatic heterocycles. The number of benzene rings is 1. The highest BCUT2D eigenvalue weighted by molar-refractivity contribution is 6.99. The van der Waals surface area contributed by atoms with Gasteiger partial charge in [0.05, 0.1) is 24.0 Å². The van der Waals surface area contributed by atoms with Crippen LogP contribution in [-0.2, 0) is 19.0 Å². The number of amides is 2. The number of hydrogen-bond acceptors (Lipinski definition) is 9. The molecule has 0 saturated carbocycles. The van der Waals surface area contributed by atoms with Gasteiger partial charge in [0.15, 0.2) is 11.9 Å². The molecular weight excluding hydrogens is 498 g/mol. The third-order valence-electron chi connectivity index (χ3n) is 6.16. The zero-order chi connectivity index (χ0) is 25.4. The molecule has 2 saturated heterocycles. The molecule has 2 fully saturated rings. The Morgan fingerprint density at radius 2 is 2.06 bits per heavy atom. The van der Waals surface area contributed by atoms with Crippen LogP contribution >= 0.6 is 11.7 Å². The lowest BCUT2D eigenvalue weighted by Gasteiger charge is -2.29. The molecule has 1 aromatic heterocycles. The number of aromatic nitrogens is 2. The van der Waals surface area contributed by atoms with E-state index in [0.29, 0.717) is 11.5 Å². The Labute approximate surface area is 209 Å². The van der Waals surface area contributed by atoms with Gasteiger partial charge in [0, 0.05) is 18.7 Å². The van der Waals surface area contributed by atoms with Gasteiger partial charge in [-0.1, -0.05) is 6.08 Å². The summed E-state index contributed by atoms with van der Waals surface area (Å²) in [4.78, 5) is 27.8. The normalized spacial score (nSPS) is 23.6. The van der Waals surface area contributed by atoms with Gasteiger partial charge in [-0.3, -0.25) is 9.69 Å². The van der Waals surface area contributed by atoms with Crippen LogP contribution in [-0.4, -0.2) is 76.5 Å². The van der Waals surface area contributed by atoms with Gasteiger partial charge in [-0.2, -0.15) is 4.37 Å². The van der Waals surface area contributed by atoms with Crippen molar-refractivity contribution in [2.24, 2.45) is 0 Å². The van der Waals surface area contributed by atoms with Gasteiger partial charge in [-0.25, -0.2) is 13.6 Å². The zero-order valence-electron chi connectivity index (χ0n) is 19.6. The summed E-state index contributed by atoms with van der Waals surface area (Å²) < 4.78 is 59.8. The van der Waals surface area contributed by atoms with Crippen LogP contribution in [0.3, 0.4) is 0 Å². The molecule has 1 aromatic carbocycles. The van der Waals surface area contributed by atoms with Gasteiger partial charge in [0.2, 0.25) is 5.88 Å². The van der Waals surface area contributed by atoms with Crippen molar-refractivity contribution in [2.45, 2.75) is 38.2 Å². The van der Waals surface area contributed by atoms with Gasteiger partial charge < -0.3 is 23.8 Å². The van der Waals surface area contributed by atoms with Crippen molar-refractivity contribution in [2.75, 3.05) is 37.8 Å². The molecule has 0 radical (unpaired) electrons. The van der Waals surface area contributed by atoms with Crippen molar-refractivity contribution in [3.63, 3.8) is 0 Å². The number of cyclic esters (lactones) is 1. The predicted octanol–water partition coefficient (Wildman–Crippen LogP) is 2.99. The average Bonchev–Trinajstić information content (AvgIpc) is 3.57. The van der Waals surface area contributed by atoms with Crippen molar-refractivity contribution in [1.29, 1.82) is 0 Å². The number of ether oxygens (including phenoxy) is 4. The van der Waals surface area contributed by atoms with Gasteiger partial charge in [0.25, 0.3) is 5.91 Å². The molecule has 5 rings (SSSR count). The quantitative estimate of drug-likeness (QED) is 0.571. The number of hydrogen-bond donors (Lipinski definition) is 0. The van der Waals surface area contributed by atoms with E-state index in [-0.39, 0.29) is 56.5 Å². The summed E-state index contributed by atoms with van der Waals surface area (Å²) in [5.74, 6) is -2.38. The first-order valence-corrected chi connectivity index (χ1v) is 12.1. The SMILES string of the molecule is CC1(C)OC[C@@H](C(=O)N2CC=C(c3c(F)cc(N4C(=O)OC[C@H]4COc4cnsn4)cc3F)CC2)O1. The molecule has 2 aromatic rings. The lowest BCUT2D eigenvalue weighted by atomic mass is 9.97. The average molecular weight is 523 g/mol.